The Morgan fingerprint density at radius 2 is 1.88 bits per heavy atom. The molecule has 0 radical (unpaired) electrons. The summed E-state index contributed by atoms with van der Waals surface area (Å²) in [5, 5.41) is 9.03. The molecule has 0 saturated heterocycles. The number of nitrogens with zero attached hydrogens (tertiary/aromatic N) is 2. The van der Waals surface area contributed by atoms with Gasteiger partial charge in [-0.15, -0.1) is 0 Å². The molecule has 1 heterocycles. The van der Waals surface area contributed by atoms with E-state index in [1.165, 1.54) is 5.56 Å². The van der Waals surface area contributed by atoms with Crippen LogP contribution >= 0.6 is 0 Å². The van der Waals surface area contributed by atoms with Crippen LogP contribution in [0, 0.1) is 11.3 Å². The van der Waals surface area contributed by atoms with Crippen LogP contribution in [0.1, 0.15) is 31.0 Å². The van der Waals surface area contributed by atoms with E-state index in [1.54, 1.807) is 0 Å². The van der Waals surface area contributed by atoms with Gasteiger partial charge in [0.05, 0.1) is 0 Å². The second kappa shape index (κ2) is 4.24. The van der Waals surface area contributed by atoms with Gasteiger partial charge >= 0.3 is 0 Å². The molecule has 2 heteroatoms. The van der Waals surface area contributed by atoms with E-state index in [0.29, 0.717) is 11.6 Å². The van der Waals surface area contributed by atoms with Gasteiger partial charge < -0.3 is 4.57 Å². The Morgan fingerprint density at radius 3 is 2.56 bits per heavy atom. The lowest BCUT2D eigenvalue weighted by Crippen LogP contribution is -2.01. The minimum Gasteiger partial charge on any atom is -0.308 e. The maximum Gasteiger partial charge on any atom is 0.124 e. The van der Waals surface area contributed by atoms with Crippen molar-refractivity contribution in [2.24, 2.45) is 0 Å². The summed E-state index contributed by atoms with van der Waals surface area (Å²) in [5.41, 5.74) is 3.03. The molecule has 0 aliphatic carbocycles. The first-order valence-electron chi connectivity index (χ1n) is 5.41. The molecule has 0 atom stereocenters. The zero-order chi connectivity index (χ0) is 11.5. The Labute approximate surface area is 95.8 Å². The Bertz CT molecular complexity index is 530. The minimum atomic E-state index is 0.449. The average Bonchev–Trinajstić information content (AvgIpc) is 2.76. The molecule has 0 spiro atoms. The molecule has 0 fully saturated rings. The summed E-state index contributed by atoms with van der Waals surface area (Å²) in [6.45, 7) is 4.32. The topological polar surface area (TPSA) is 28.7 Å². The summed E-state index contributed by atoms with van der Waals surface area (Å²) in [4.78, 5) is 0. The van der Waals surface area contributed by atoms with Crippen molar-refractivity contribution in [1.29, 1.82) is 5.26 Å². The van der Waals surface area contributed by atoms with E-state index in [0.717, 1.165) is 5.69 Å². The number of hydrogen-bond donors (Lipinski definition) is 0. The van der Waals surface area contributed by atoms with E-state index in [-0.39, 0.29) is 0 Å². The van der Waals surface area contributed by atoms with Crippen molar-refractivity contribution in [2.45, 2.75) is 19.8 Å². The summed E-state index contributed by atoms with van der Waals surface area (Å²) in [7, 11) is 0. The molecule has 0 aliphatic rings. The van der Waals surface area contributed by atoms with Crippen molar-refractivity contribution >= 4 is 0 Å². The third-order valence-electron chi connectivity index (χ3n) is 2.68. The number of benzene rings is 1. The van der Waals surface area contributed by atoms with Crippen LogP contribution in [-0.2, 0) is 0 Å². The highest BCUT2D eigenvalue weighted by atomic mass is 15.0. The number of nitriles is 1. The van der Waals surface area contributed by atoms with E-state index in [4.69, 9.17) is 5.26 Å². The van der Waals surface area contributed by atoms with Gasteiger partial charge in [-0.3, -0.25) is 0 Å². The molecule has 0 aliphatic heterocycles. The molecule has 0 N–H and O–H groups in total. The lowest BCUT2D eigenvalue weighted by Gasteiger charge is -2.14. The van der Waals surface area contributed by atoms with E-state index >= 15 is 0 Å². The SMILES string of the molecule is CC(C)c1ccccc1-n1cccc1C#N. The second-order valence-corrected chi connectivity index (χ2v) is 4.09. The van der Waals surface area contributed by atoms with Crippen molar-refractivity contribution < 1.29 is 0 Å². The normalized spacial score (nSPS) is 10.4. The smallest absolute Gasteiger partial charge is 0.124 e. The fourth-order valence-corrected chi connectivity index (χ4v) is 1.88. The molecule has 2 aromatic rings. The first-order valence-corrected chi connectivity index (χ1v) is 5.41. The van der Waals surface area contributed by atoms with Crippen LogP contribution < -0.4 is 0 Å². The zero-order valence-electron chi connectivity index (χ0n) is 9.51. The van der Waals surface area contributed by atoms with Crippen molar-refractivity contribution in [1.82, 2.24) is 4.57 Å². The summed E-state index contributed by atoms with van der Waals surface area (Å²) in [5.74, 6) is 0.449. The Hall–Kier alpha value is -2.01. The maximum absolute atomic E-state index is 9.03. The number of hydrogen-bond acceptors (Lipinski definition) is 1. The quantitative estimate of drug-likeness (QED) is 0.746. The monoisotopic (exact) mass is 210 g/mol. The second-order valence-electron chi connectivity index (χ2n) is 4.09. The molecule has 0 saturated carbocycles. The van der Waals surface area contributed by atoms with Gasteiger partial charge in [-0.1, -0.05) is 32.0 Å². The molecule has 1 aromatic carbocycles. The summed E-state index contributed by atoms with van der Waals surface area (Å²) in [6.07, 6.45) is 1.93. The molecular formula is C14H14N2. The van der Waals surface area contributed by atoms with Crippen molar-refractivity contribution in [3.8, 4) is 11.8 Å². The van der Waals surface area contributed by atoms with Crippen LogP contribution in [0.5, 0.6) is 0 Å². The van der Waals surface area contributed by atoms with E-state index in [1.807, 2.05) is 35.0 Å². The Balaban J connectivity index is 2.61. The van der Waals surface area contributed by atoms with Gasteiger partial charge in [0.15, 0.2) is 0 Å². The van der Waals surface area contributed by atoms with Crippen molar-refractivity contribution in [3.05, 3.63) is 53.9 Å². The van der Waals surface area contributed by atoms with Gasteiger partial charge in [0.2, 0.25) is 0 Å². The van der Waals surface area contributed by atoms with Gasteiger partial charge in [0.1, 0.15) is 11.8 Å². The van der Waals surface area contributed by atoms with Crippen LogP contribution in [0.25, 0.3) is 5.69 Å². The third kappa shape index (κ3) is 1.72. The molecule has 80 valence electrons. The predicted molar refractivity (Wildman–Crippen MR) is 64.6 cm³/mol. The first kappa shape index (κ1) is 10.5. The molecule has 0 unspecified atom stereocenters. The molecule has 16 heavy (non-hydrogen) atoms. The minimum absolute atomic E-state index is 0.449. The molecular weight excluding hydrogens is 196 g/mol. The van der Waals surface area contributed by atoms with Crippen LogP contribution in [0.4, 0.5) is 0 Å². The lowest BCUT2D eigenvalue weighted by atomic mass is 10.0. The predicted octanol–water partition coefficient (Wildman–Crippen LogP) is 3.47. The highest BCUT2D eigenvalue weighted by Gasteiger charge is 2.09. The van der Waals surface area contributed by atoms with E-state index < -0.39 is 0 Å². The molecule has 2 rings (SSSR count). The lowest BCUT2D eigenvalue weighted by molar-refractivity contribution is 0.845. The summed E-state index contributed by atoms with van der Waals surface area (Å²) < 4.78 is 1.94. The largest absolute Gasteiger partial charge is 0.308 e. The summed E-state index contributed by atoms with van der Waals surface area (Å²) in [6, 6.07) is 14.1. The van der Waals surface area contributed by atoms with E-state index in [2.05, 4.69) is 32.0 Å². The molecule has 0 bridgehead atoms. The number of rotatable bonds is 2. The Kier molecular flexibility index (Phi) is 2.78. The third-order valence-corrected chi connectivity index (χ3v) is 2.68. The summed E-state index contributed by atoms with van der Waals surface area (Å²) >= 11 is 0. The zero-order valence-corrected chi connectivity index (χ0v) is 9.51. The van der Waals surface area contributed by atoms with Gasteiger partial charge in [-0.2, -0.15) is 5.26 Å². The van der Waals surface area contributed by atoms with Crippen molar-refractivity contribution in [3.63, 3.8) is 0 Å². The Morgan fingerprint density at radius 1 is 1.12 bits per heavy atom. The maximum atomic E-state index is 9.03. The van der Waals surface area contributed by atoms with Gasteiger partial charge in [0, 0.05) is 11.9 Å². The molecule has 0 amide bonds. The standard InChI is InChI=1S/C14H14N2/c1-11(2)13-7-3-4-8-14(13)16-9-5-6-12(16)10-15/h3-9,11H,1-2H3. The highest BCUT2D eigenvalue weighted by molar-refractivity contribution is 5.46. The van der Waals surface area contributed by atoms with Crippen molar-refractivity contribution in [2.75, 3.05) is 0 Å². The van der Waals surface area contributed by atoms with Gasteiger partial charge in [-0.25, -0.2) is 0 Å². The number of para-hydroxylation sites is 1. The van der Waals surface area contributed by atoms with E-state index in [9.17, 15) is 0 Å². The average molecular weight is 210 g/mol. The van der Waals surface area contributed by atoms with Crippen LogP contribution in [0.15, 0.2) is 42.6 Å². The van der Waals surface area contributed by atoms with Crippen LogP contribution in [0.2, 0.25) is 0 Å². The van der Waals surface area contributed by atoms with Gasteiger partial charge in [-0.05, 0) is 29.7 Å². The number of aromatic nitrogens is 1. The fourth-order valence-electron chi connectivity index (χ4n) is 1.88. The first-order chi connectivity index (χ1) is 7.74. The molecule has 2 nitrogen and oxygen atoms in total. The van der Waals surface area contributed by atoms with Crippen LogP contribution in [-0.4, -0.2) is 4.57 Å². The molecule has 1 aromatic heterocycles. The highest BCUT2D eigenvalue weighted by Crippen LogP contribution is 2.23. The van der Waals surface area contributed by atoms with Crippen LogP contribution in [0.3, 0.4) is 0 Å². The fraction of sp³-hybridized carbons (Fsp3) is 0.214. The van der Waals surface area contributed by atoms with Gasteiger partial charge in [0.25, 0.3) is 0 Å².